The Morgan fingerprint density at radius 2 is 1.48 bits per heavy atom. The number of carbonyl (C=O) groups excluding carboxylic acids is 1. The van der Waals surface area contributed by atoms with Gasteiger partial charge < -0.3 is 9.64 Å². The first-order valence-corrected chi connectivity index (χ1v) is 9.06. The van der Waals surface area contributed by atoms with E-state index in [9.17, 15) is 4.79 Å². The van der Waals surface area contributed by atoms with Crippen molar-refractivity contribution in [3.63, 3.8) is 0 Å². The number of aryl methyl sites for hydroxylation is 2. The highest BCUT2D eigenvalue weighted by molar-refractivity contribution is 5.69. The topological polar surface area (TPSA) is 29.5 Å². The number of benzene rings is 1. The molecular weight excluding hydrogens is 286 g/mol. The Bertz CT molecular complexity index is 424. The Kier molecular flexibility index (Phi) is 10.4. The third-order valence-electron chi connectivity index (χ3n) is 4.45. The van der Waals surface area contributed by atoms with Crippen LogP contribution in [-0.4, -0.2) is 37.6 Å². The lowest BCUT2D eigenvalue weighted by atomic mass is 10.0. The van der Waals surface area contributed by atoms with Crippen molar-refractivity contribution in [2.45, 2.75) is 58.8 Å². The number of methoxy groups -OCH3 is 1. The second-order valence-corrected chi connectivity index (χ2v) is 6.08. The van der Waals surface area contributed by atoms with Crippen LogP contribution in [0.5, 0.6) is 0 Å². The van der Waals surface area contributed by atoms with Gasteiger partial charge >= 0.3 is 5.97 Å². The van der Waals surface area contributed by atoms with Crippen LogP contribution in [-0.2, 0) is 22.4 Å². The summed E-state index contributed by atoms with van der Waals surface area (Å²) in [6.07, 6.45) is 7.59. The molecule has 0 unspecified atom stereocenters. The average molecular weight is 319 g/mol. The molecule has 0 fully saturated rings. The molecule has 1 rings (SSSR count). The minimum absolute atomic E-state index is 0.140. The quantitative estimate of drug-likeness (QED) is 0.426. The van der Waals surface area contributed by atoms with Gasteiger partial charge in [0.15, 0.2) is 0 Å². The van der Waals surface area contributed by atoms with Crippen molar-refractivity contribution in [2.75, 3.05) is 26.7 Å². The summed E-state index contributed by atoms with van der Waals surface area (Å²) in [5.74, 6) is -0.140. The van der Waals surface area contributed by atoms with E-state index in [2.05, 4.69) is 47.7 Å². The summed E-state index contributed by atoms with van der Waals surface area (Å²) in [6, 6.07) is 8.67. The Hall–Kier alpha value is -1.35. The molecule has 0 saturated carbocycles. The zero-order valence-electron chi connectivity index (χ0n) is 15.1. The SMILES string of the molecule is CCN(CC)CCCCCCc1ccc(CCC(=O)OC)cc1. The number of rotatable bonds is 12. The number of hydrogen-bond donors (Lipinski definition) is 0. The summed E-state index contributed by atoms with van der Waals surface area (Å²) >= 11 is 0. The maximum absolute atomic E-state index is 11.1. The van der Waals surface area contributed by atoms with E-state index in [0.29, 0.717) is 6.42 Å². The molecule has 0 atom stereocenters. The molecule has 130 valence electrons. The zero-order valence-corrected chi connectivity index (χ0v) is 15.1. The van der Waals surface area contributed by atoms with Gasteiger partial charge in [0.05, 0.1) is 7.11 Å². The molecule has 0 N–H and O–H groups in total. The molecule has 0 spiro atoms. The molecule has 23 heavy (non-hydrogen) atoms. The van der Waals surface area contributed by atoms with Crippen molar-refractivity contribution in [2.24, 2.45) is 0 Å². The van der Waals surface area contributed by atoms with Crippen LogP contribution in [0.2, 0.25) is 0 Å². The van der Waals surface area contributed by atoms with Crippen LogP contribution in [0.15, 0.2) is 24.3 Å². The van der Waals surface area contributed by atoms with Gasteiger partial charge in [-0.1, -0.05) is 51.0 Å². The van der Waals surface area contributed by atoms with Gasteiger partial charge in [-0.15, -0.1) is 0 Å². The van der Waals surface area contributed by atoms with Crippen molar-refractivity contribution in [3.8, 4) is 0 Å². The maximum atomic E-state index is 11.1. The van der Waals surface area contributed by atoms with Gasteiger partial charge in [0, 0.05) is 6.42 Å². The Labute approximate surface area is 142 Å². The van der Waals surface area contributed by atoms with Gasteiger partial charge in [0.25, 0.3) is 0 Å². The molecule has 0 bridgehead atoms. The molecule has 0 heterocycles. The highest BCUT2D eigenvalue weighted by atomic mass is 16.5. The first kappa shape index (κ1) is 19.7. The number of ether oxygens (including phenoxy) is 1. The number of esters is 1. The van der Waals surface area contributed by atoms with Gasteiger partial charge in [-0.05, 0) is 56.4 Å². The van der Waals surface area contributed by atoms with E-state index in [1.807, 2.05) is 0 Å². The smallest absolute Gasteiger partial charge is 0.305 e. The summed E-state index contributed by atoms with van der Waals surface area (Å²) < 4.78 is 4.67. The molecule has 0 amide bonds. The average Bonchev–Trinajstić information content (AvgIpc) is 2.60. The fraction of sp³-hybridized carbons (Fsp3) is 0.650. The molecule has 0 aliphatic rings. The van der Waals surface area contributed by atoms with E-state index in [0.717, 1.165) is 12.8 Å². The van der Waals surface area contributed by atoms with Gasteiger partial charge in [-0.25, -0.2) is 0 Å². The van der Waals surface area contributed by atoms with Crippen molar-refractivity contribution in [1.29, 1.82) is 0 Å². The molecule has 0 aromatic heterocycles. The monoisotopic (exact) mass is 319 g/mol. The van der Waals surface area contributed by atoms with Gasteiger partial charge in [-0.3, -0.25) is 4.79 Å². The minimum Gasteiger partial charge on any atom is -0.469 e. The summed E-state index contributed by atoms with van der Waals surface area (Å²) in [4.78, 5) is 13.6. The zero-order chi connectivity index (χ0) is 16.9. The van der Waals surface area contributed by atoms with Crippen molar-refractivity contribution in [3.05, 3.63) is 35.4 Å². The molecule has 1 aromatic rings. The lowest BCUT2D eigenvalue weighted by Gasteiger charge is -2.17. The van der Waals surface area contributed by atoms with E-state index >= 15 is 0 Å². The van der Waals surface area contributed by atoms with Gasteiger partial charge in [-0.2, -0.15) is 0 Å². The van der Waals surface area contributed by atoms with Crippen LogP contribution < -0.4 is 0 Å². The molecular formula is C20H33NO2. The van der Waals surface area contributed by atoms with E-state index in [1.54, 1.807) is 0 Å². The second kappa shape index (κ2) is 12.1. The molecule has 0 aliphatic carbocycles. The largest absolute Gasteiger partial charge is 0.469 e. The number of unbranched alkanes of at least 4 members (excludes halogenated alkanes) is 3. The second-order valence-electron chi connectivity index (χ2n) is 6.08. The van der Waals surface area contributed by atoms with E-state index in [1.165, 1.54) is 63.6 Å². The molecule has 0 radical (unpaired) electrons. The standard InChI is InChI=1S/C20H33NO2/c1-4-21(5-2)17-9-7-6-8-10-18-11-13-19(14-12-18)15-16-20(22)23-3/h11-14H,4-10,15-17H2,1-3H3. The molecule has 3 heteroatoms. The number of hydrogen-bond acceptors (Lipinski definition) is 3. The molecule has 0 aliphatic heterocycles. The van der Waals surface area contributed by atoms with E-state index < -0.39 is 0 Å². The first-order chi connectivity index (χ1) is 11.2. The fourth-order valence-corrected chi connectivity index (χ4v) is 2.78. The van der Waals surface area contributed by atoms with Crippen LogP contribution in [0.1, 0.15) is 57.1 Å². The van der Waals surface area contributed by atoms with E-state index in [-0.39, 0.29) is 5.97 Å². The fourth-order valence-electron chi connectivity index (χ4n) is 2.78. The van der Waals surface area contributed by atoms with Crippen LogP contribution in [0, 0.1) is 0 Å². The Balaban J connectivity index is 2.14. The summed E-state index contributed by atoms with van der Waals surface area (Å²) in [7, 11) is 1.44. The minimum atomic E-state index is -0.140. The highest BCUT2D eigenvalue weighted by Crippen LogP contribution is 2.11. The van der Waals surface area contributed by atoms with Crippen LogP contribution in [0.25, 0.3) is 0 Å². The third-order valence-corrected chi connectivity index (χ3v) is 4.45. The predicted octanol–water partition coefficient (Wildman–Crippen LogP) is 4.24. The van der Waals surface area contributed by atoms with Gasteiger partial charge in [0.1, 0.15) is 0 Å². The van der Waals surface area contributed by atoms with Crippen LogP contribution in [0.3, 0.4) is 0 Å². The lowest BCUT2D eigenvalue weighted by Crippen LogP contribution is -2.23. The lowest BCUT2D eigenvalue weighted by molar-refractivity contribution is -0.140. The third kappa shape index (κ3) is 8.75. The van der Waals surface area contributed by atoms with Crippen LogP contribution in [0.4, 0.5) is 0 Å². The maximum Gasteiger partial charge on any atom is 0.305 e. The van der Waals surface area contributed by atoms with E-state index in [4.69, 9.17) is 0 Å². The van der Waals surface area contributed by atoms with Crippen molar-refractivity contribution in [1.82, 2.24) is 4.90 Å². The normalized spacial score (nSPS) is 11.0. The van der Waals surface area contributed by atoms with Crippen LogP contribution >= 0.6 is 0 Å². The molecule has 3 nitrogen and oxygen atoms in total. The van der Waals surface area contributed by atoms with Gasteiger partial charge in [0.2, 0.25) is 0 Å². The summed E-state index contributed by atoms with van der Waals surface area (Å²) in [5, 5.41) is 0. The Morgan fingerprint density at radius 3 is 2.04 bits per heavy atom. The summed E-state index contributed by atoms with van der Waals surface area (Å²) in [6.45, 7) is 8.04. The highest BCUT2D eigenvalue weighted by Gasteiger charge is 2.02. The first-order valence-electron chi connectivity index (χ1n) is 9.06. The molecule has 1 aromatic carbocycles. The van der Waals surface area contributed by atoms with Crippen molar-refractivity contribution < 1.29 is 9.53 Å². The number of carbonyl (C=O) groups is 1. The Morgan fingerprint density at radius 1 is 0.913 bits per heavy atom. The predicted molar refractivity (Wildman–Crippen MR) is 96.7 cm³/mol. The van der Waals surface area contributed by atoms with Crippen molar-refractivity contribution >= 4 is 5.97 Å². The number of nitrogens with zero attached hydrogens (tertiary/aromatic N) is 1. The molecule has 0 saturated heterocycles. The summed E-state index contributed by atoms with van der Waals surface area (Å²) in [5.41, 5.74) is 2.61.